The van der Waals surface area contributed by atoms with Gasteiger partial charge in [-0.3, -0.25) is 0 Å². The highest BCUT2D eigenvalue weighted by atomic mass is 32.2. The summed E-state index contributed by atoms with van der Waals surface area (Å²) in [5, 5.41) is 3.25. The van der Waals surface area contributed by atoms with Gasteiger partial charge in [-0.1, -0.05) is 0 Å². The van der Waals surface area contributed by atoms with E-state index >= 15 is 0 Å². The molecule has 0 bridgehead atoms. The van der Waals surface area contributed by atoms with E-state index in [1.54, 1.807) is 6.07 Å². The van der Waals surface area contributed by atoms with Crippen molar-refractivity contribution < 1.29 is 17.9 Å². The Morgan fingerprint density at radius 1 is 1.43 bits per heavy atom. The molecule has 0 spiro atoms. The monoisotopic (exact) mass is 315 g/mol. The lowest BCUT2D eigenvalue weighted by atomic mass is 10.2. The average molecular weight is 315 g/mol. The molecule has 0 radical (unpaired) electrons. The molecule has 1 saturated heterocycles. The van der Waals surface area contributed by atoms with E-state index in [2.05, 4.69) is 10.3 Å². The highest BCUT2D eigenvalue weighted by Crippen LogP contribution is 2.15. The van der Waals surface area contributed by atoms with E-state index in [0.717, 1.165) is 17.4 Å². The number of nitrogens with one attached hydrogen (secondary N) is 1. The molecule has 2 rings (SSSR count). The van der Waals surface area contributed by atoms with Crippen molar-refractivity contribution >= 4 is 10.0 Å². The molecule has 0 saturated carbocycles. The van der Waals surface area contributed by atoms with E-state index in [4.69, 9.17) is 9.47 Å². The maximum Gasteiger partial charge on any atom is 0.244 e. The van der Waals surface area contributed by atoms with Crippen LogP contribution in [0.1, 0.15) is 6.92 Å². The molecule has 0 aliphatic carbocycles. The van der Waals surface area contributed by atoms with Crippen LogP contribution in [0.4, 0.5) is 0 Å². The molecule has 1 aliphatic heterocycles. The van der Waals surface area contributed by atoms with Gasteiger partial charge in [-0.15, -0.1) is 0 Å². The Morgan fingerprint density at radius 2 is 2.19 bits per heavy atom. The van der Waals surface area contributed by atoms with Crippen LogP contribution in [-0.2, 0) is 14.8 Å². The summed E-state index contributed by atoms with van der Waals surface area (Å²) in [6, 6.07) is 3.04. The zero-order valence-corrected chi connectivity index (χ0v) is 13.3. The van der Waals surface area contributed by atoms with E-state index in [-0.39, 0.29) is 17.1 Å². The summed E-state index contributed by atoms with van der Waals surface area (Å²) in [6.07, 6.45) is 1.43. The molecule has 8 heteroatoms. The first-order chi connectivity index (χ1) is 9.89. The minimum absolute atomic E-state index is 0.0271. The normalized spacial score (nSPS) is 23.2. The molecule has 0 amide bonds. The van der Waals surface area contributed by atoms with Crippen LogP contribution in [-0.4, -0.2) is 63.7 Å². The SMILES string of the molecule is CC1CNCC(COc2ccc(S(=O)(=O)N(C)C)cn2)O1. The summed E-state index contributed by atoms with van der Waals surface area (Å²) < 4.78 is 36.2. The minimum Gasteiger partial charge on any atom is -0.475 e. The summed E-state index contributed by atoms with van der Waals surface area (Å²) in [5.41, 5.74) is 0. The first kappa shape index (κ1) is 16.2. The Morgan fingerprint density at radius 3 is 2.76 bits per heavy atom. The third-order valence-electron chi connectivity index (χ3n) is 3.13. The van der Waals surface area contributed by atoms with Crippen molar-refractivity contribution in [3.63, 3.8) is 0 Å². The van der Waals surface area contributed by atoms with Crippen LogP contribution in [0.25, 0.3) is 0 Å². The predicted molar refractivity (Wildman–Crippen MR) is 77.8 cm³/mol. The van der Waals surface area contributed by atoms with Crippen molar-refractivity contribution in [3.8, 4) is 5.88 Å². The predicted octanol–water partition coefficient (Wildman–Crippen LogP) is 0.0876. The molecule has 1 aromatic rings. The van der Waals surface area contributed by atoms with Crippen molar-refractivity contribution in [2.45, 2.75) is 24.0 Å². The molecule has 1 N–H and O–H groups in total. The minimum atomic E-state index is -3.46. The van der Waals surface area contributed by atoms with Gasteiger partial charge >= 0.3 is 0 Å². The molecule has 7 nitrogen and oxygen atoms in total. The van der Waals surface area contributed by atoms with E-state index < -0.39 is 10.0 Å². The molecule has 1 aromatic heterocycles. The van der Waals surface area contributed by atoms with Crippen molar-refractivity contribution in [2.24, 2.45) is 0 Å². The topological polar surface area (TPSA) is 80.8 Å². The van der Waals surface area contributed by atoms with Gasteiger partial charge in [0.15, 0.2) is 0 Å². The second-order valence-corrected chi connectivity index (χ2v) is 7.31. The van der Waals surface area contributed by atoms with Crippen LogP contribution >= 0.6 is 0 Å². The number of rotatable bonds is 5. The maximum absolute atomic E-state index is 11.9. The van der Waals surface area contributed by atoms with Crippen molar-refractivity contribution in [1.82, 2.24) is 14.6 Å². The highest BCUT2D eigenvalue weighted by molar-refractivity contribution is 7.89. The van der Waals surface area contributed by atoms with Gasteiger partial charge in [0.2, 0.25) is 15.9 Å². The van der Waals surface area contributed by atoms with Gasteiger partial charge in [0.25, 0.3) is 0 Å². The van der Waals surface area contributed by atoms with Crippen LogP contribution in [0.15, 0.2) is 23.2 Å². The number of pyridine rings is 1. The van der Waals surface area contributed by atoms with E-state index in [1.807, 2.05) is 6.92 Å². The van der Waals surface area contributed by atoms with Gasteiger partial charge in [-0.2, -0.15) is 0 Å². The average Bonchev–Trinajstić information content (AvgIpc) is 2.45. The maximum atomic E-state index is 11.9. The highest BCUT2D eigenvalue weighted by Gasteiger charge is 2.20. The number of ether oxygens (including phenoxy) is 2. The number of nitrogens with zero attached hydrogens (tertiary/aromatic N) is 2. The summed E-state index contributed by atoms with van der Waals surface area (Å²) in [4.78, 5) is 4.17. The largest absolute Gasteiger partial charge is 0.475 e. The van der Waals surface area contributed by atoms with Crippen molar-refractivity contribution in [3.05, 3.63) is 18.3 Å². The van der Waals surface area contributed by atoms with Crippen LogP contribution in [0.5, 0.6) is 5.88 Å². The molecular formula is C13H21N3O4S. The molecule has 1 fully saturated rings. The van der Waals surface area contributed by atoms with Crippen LogP contribution < -0.4 is 10.1 Å². The Bertz CT molecular complexity index is 559. The first-order valence-electron chi connectivity index (χ1n) is 6.77. The number of sulfonamides is 1. The third-order valence-corrected chi connectivity index (χ3v) is 4.93. The van der Waals surface area contributed by atoms with Gasteiger partial charge in [0, 0.05) is 33.3 Å². The Kier molecular flexibility index (Phi) is 5.15. The third kappa shape index (κ3) is 4.13. The second kappa shape index (κ2) is 6.69. The number of morpholine rings is 1. The zero-order chi connectivity index (χ0) is 15.5. The fourth-order valence-electron chi connectivity index (χ4n) is 1.96. The van der Waals surface area contributed by atoms with Gasteiger partial charge in [0.1, 0.15) is 17.6 Å². The number of hydrogen-bond acceptors (Lipinski definition) is 6. The van der Waals surface area contributed by atoms with Crippen LogP contribution in [0, 0.1) is 0 Å². The summed E-state index contributed by atoms with van der Waals surface area (Å²) >= 11 is 0. The Balaban J connectivity index is 1.94. The standard InChI is InChI=1S/C13H21N3O4S/c1-10-6-14-7-11(20-10)9-19-13-5-4-12(8-15-13)21(17,18)16(2)3/h4-5,8,10-11,14H,6-7,9H2,1-3H3. The van der Waals surface area contributed by atoms with Gasteiger partial charge in [-0.05, 0) is 13.0 Å². The lowest BCUT2D eigenvalue weighted by Crippen LogP contribution is -2.45. The van der Waals surface area contributed by atoms with Crippen LogP contribution in [0.3, 0.4) is 0 Å². The lowest BCUT2D eigenvalue weighted by molar-refractivity contribution is -0.0476. The smallest absolute Gasteiger partial charge is 0.244 e. The summed E-state index contributed by atoms with van der Waals surface area (Å²) in [5.74, 6) is 0.384. The van der Waals surface area contributed by atoms with Gasteiger partial charge < -0.3 is 14.8 Å². The van der Waals surface area contributed by atoms with E-state index in [9.17, 15) is 8.42 Å². The Labute approximate surface area is 125 Å². The molecule has 2 unspecified atom stereocenters. The van der Waals surface area contributed by atoms with Gasteiger partial charge in [0.05, 0.1) is 12.3 Å². The van der Waals surface area contributed by atoms with E-state index in [0.29, 0.717) is 12.5 Å². The fraction of sp³-hybridized carbons (Fsp3) is 0.615. The number of aromatic nitrogens is 1. The summed E-state index contributed by atoms with van der Waals surface area (Å²) in [7, 11) is -0.495. The van der Waals surface area contributed by atoms with Crippen molar-refractivity contribution in [2.75, 3.05) is 33.8 Å². The van der Waals surface area contributed by atoms with Gasteiger partial charge in [-0.25, -0.2) is 17.7 Å². The fourth-order valence-corrected chi connectivity index (χ4v) is 2.81. The van der Waals surface area contributed by atoms with E-state index in [1.165, 1.54) is 26.4 Å². The lowest BCUT2D eigenvalue weighted by Gasteiger charge is -2.28. The molecular weight excluding hydrogens is 294 g/mol. The van der Waals surface area contributed by atoms with Crippen LogP contribution in [0.2, 0.25) is 0 Å². The molecule has 21 heavy (non-hydrogen) atoms. The Hall–Kier alpha value is -1.22. The quantitative estimate of drug-likeness (QED) is 0.829. The number of hydrogen-bond donors (Lipinski definition) is 1. The molecule has 0 aromatic carbocycles. The second-order valence-electron chi connectivity index (χ2n) is 5.16. The first-order valence-corrected chi connectivity index (χ1v) is 8.21. The zero-order valence-electron chi connectivity index (χ0n) is 12.4. The molecule has 2 atom stereocenters. The molecule has 2 heterocycles. The molecule has 1 aliphatic rings. The summed E-state index contributed by atoms with van der Waals surface area (Å²) in [6.45, 7) is 3.95. The molecule has 118 valence electrons. The van der Waals surface area contributed by atoms with Crippen molar-refractivity contribution in [1.29, 1.82) is 0 Å².